The topological polar surface area (TPSA) is 0 Å². The molecule has 1 rings (SSSR count). The maximum atomic E-state index is 12.1. The van der Waals surface area contributed by atoms with Gasteiger partial charge in [-0.05, 0) is 17.7 Å². The molecule has 0 radical (unpaired) electrons. The number of hydrogen-bond donors (Lipinski definition) is 0. The van der Waals surface area contributed by atoms with Gasteiger partial charge in [-0.25, -0.2) is 0 Å². The van der Waals surface area contributed by atoms with Gasteiger partial charge in [0.1, 0.15) is 0 Å². The highest BCUT2D eigenvalue weighted by Crippen LogP contribution is 2.32. The fourth-order valence-electron chi connectivity index (χ4n) is 0.869. The van der Waals surface area contributed by atoms with Crippen molar-refractivity contribution in [2.75, 3.05) is 0 Å². The molecule has 0 aliphatic heterocycles. The Labute approximate surface area is 78.6 Å². The second-order valence-electron chi connectivity index (χ2n) is 2.44. The van der Waals surface area contributed by atoms with Crippen molar-refractivity contribution in [1.29, 1.82) is 0 Å². The van der Waals surface area contributed by atoms with Crippen molar-refractivity contribution in [3.8, 4) is 0 Å². The summed E-state index contributed by atoms with van der Waals surface area (Å²) in [7, 11) is 0. The number of alkyl halides is 3. The van der Waals surface area contributed by atoms with Gasteiger partial charge in [0.05, 0.1) is 5.56 Å². The second-order valence-corrected chi connectivity index (χ2v) is 2.85. The average Bonchev–Trinajstić information content (AvgIpc) is 2.02. The van der Waals surface area contributed by atoms with Gasteiger partial charge < -0.3 is 0 Å². The van der Waals surface area contributed by atoms with Gasteiger partial charge >= 0.3 is 6.18 Å². The zero-order chi connectivity index (χ0) is 10.1. The van der Waals surface area contributed by atoms with E-state index < -0.39 is 11.7 Å². The van der Waals surface area contributed by atoms with Crippen LogP contribution in [0.3, 0.4) is 0 Å². The van der Waals surface area contributed by atoms with Crippen molar-refractivity contribution in [1.82, 2.24) is 0 Å². The predicted molar refractivity (Wildman–Crippen MR) is 46.5 cm³/mol. The first-order valence-corrected chi connectivity index (χ1v) is 3.82. The monoisotopic (exact) mass is 206 g/mol. The van der Waals surface area contributed by atoms with Crippen molar-refractivity contribution >= 4 is 17.7 Å². The van der Waals surface area contributed by atoms with Gasteiger partial charge in [0.15, 0.2) is 0 Å². The van der Waals surface area contributed by atoms with Crippen molar-refractivity contribution in [2.24, 2.45) is 0 Å². The Bertz CT molecular complexity index is 328. The standard InChI is InChI=1S/C9H6ClF3/c1-2-6-3-4-7(5-8(6)10)9(11,12)13/h2-5H,1H2. The number of hydrogen-bond acceptors (Lipinski definition) is 0. The van der Waals surface area contributed by atoms with Crippen molar-refractivity contribution in [2.45, 2.75) is 6.18 Å². The van der Waals surface area contributed by atoms with Crippen molar-refractivity contribution in [3.05, 3.63) is 40.9 Å². The third kappa shape index (κ3) is 2.25. The minimum atomic E-state index is -4.34. The quantitative estimate of drug-likeness (QED) is 0.652. The van der Waals surface area contributed by atoms with Crippen LogP contribution in [0.25, 0.3) is 6.08 Å². The third-order valence-electron chi connectivity index (χ3n) is 1.55. The summed E-state index contributed by atoms with van der Waals surface area (Å²) < 4.78 is 36.4. The molecular weight excluding hydrogens is 201 g/mol. The van der Waals surface area contributed by atoms with E-state index in [1.807, 2.05) is 0 Å². The molecule has 70 valence electrons. The van der Waals surface area contributed by atoms with E-state index in [2.05, 4.69) is 6.58 Å². The van der Waals surface area contributed by atoms with Crippen LogP contribution < -0.4 is 0 Å². The maximum Gasteiger partial charge on any atom is 0.416 e. The van der Waals surface area contributed by atoms with Crippen LogP contribution in [0.5, 0.6) is 0 Å². The highest BCUT2D eigenvalue weighted by molar-refractivity contribution is 6.32. The third-order valence-corrected chi connectivity index (χ3v) is 1.88. The summed E-state index contributed by atoms with van der Waals surface area (Å²) in [6, 6.07) is 3.15. The van der Waals surface area contributed by atoms with Gasteiger partial charge in [0.25, 0.3) is 0 Å². The van der Waals surface area contributed by atoms with Crippen LogP contribution in [0.2, 0.25) is 5.02 Å². The number of rotatable bonds is 1. The van der Waals surface area contributed by atoms with Crippen LogP contribution in [0.1, 0.15) is 11.1 Å². The summed E-state index contributed by atoms with van der Waals surface area (Å²) in [6.45, 7) is 3.42. The van der Waals surface area contributed by atoms with Crippen LogP contribution >= 0.6 is 11.6 Å². The summed E-state index contributed by atoms with van der Waals surface area (Å²) >= 11 is 5.56. The highest BCUT2D eigenvalue weighted by Gasteiger charge is 2.30. The molecule has 0 nitrogen and oxygen atoms in total. The first-order chi connectivity index (χ1) is 5.95. The molecule has 0 amide bonds. The Morgan fingerprint density at radius 2 is 1.92 bits per heavy atom. The van der Waals surface area contributed by atoms with E-state index in [9.17, 15) is 13.2 Å². The van der Waals surface area contributed by atoms with E-state index in [1.54, 1.807) is 0 Å². The molecule has 0 aromatic heterocycles. The van der Waals surface area contributed by atoms with E-state index >= 15 is 0 Å². The Morgan fingerprint density at radius 1 is 1.31 bits per heavy atom. The molecule has 0 fully saturated rings. The summed E-state index contributed by atoms with van der Waals surface area (Å²) in [5, 5.41) is 0.0600. The normalized spacial score (nSPS) is 11.4. The predicted octanol–water partition coefficient (Wildman–Crippen LogP) is 4.00. The molecule has 0 N–H and O–H groups in total. The fourth-order valence-corrected chi connectivity index (χ4v) is 1.13. The lowest BCUT2D eigenvalue weighted by molar-refractivity contribution is -0.137. The van der Waals surface area contributed by atoms with Crippen LogP contribution in [0, 0.1) is 0 Å². The van der Waals surface area contributed by atoms with Crippen LogP contribution in [-0.2, 0) is 6.18 Å². The maximum absolute atomic E-state index is 12.1. The Balaban J connectivity index is 3.17. The molecule has 0 heterocycles. The second kappa shape index (κ2) is 3.42. The SMILES string of the molecule is C=Cc1ccc(C(F)(F)F)cc1Cl. The lowest BCUT2D eigenvalue weighted by atomic mass is 10.1. The van der Waals surface area contributed by atoms with E-state index in [0.717, 1.165) is 12.1 Å². The number of halogens is 4. The van der Waals surface area contributed by atoms with Crippen LogP contribution in [-0.4, -0.2) is 0 Å². The molecule has 1 aromatic carbocycles. The summed E-state index contributed by atoms with van der Waals surface area (Å²) in [4.78, 5) is 0. The molecule has 0 spiro atoms. The lowest BCUT2D eigenvalue weighted by Crippen LogP contribution is -2.04. The zero-order valence-corrected chi connectivity index (χ0v) is 7.28. The zero-order valence-electron chi connectivity index (χ0n) is 6.53. The van der Waals surface area contributed by atoms with E-state index in [0.29, 0.717) is 5.56 Å². The fraction of sp³-hybridized carbons (Fsp3) is 0.111. The van der Waals surface area contributed by atoms with E-state index in [1.165, 1.54) is 12.1 Å². The largest absolute Gasteiger partial charge is 0.416 e. The summed E-state index contributed by atoms with van der Waals surface area (Å²) in [5.41, 5.74) is -0.252. The molecule has 13 heavy (non-hydrogen) atoms. The molecule has 0 saturated heterocycles. The molecule has 4 heteroatoms. The Morgan fingerprint density at radius 3 is 2.31 bits per heavy atom. The summed E-state index contributed by atoms with van der Waals surface area (Å²) in [5.74, 6) is 0. The average molecular weight is 207 g/mol. The minimum Gasteiger partial charge on any atom is -0.166 e. The highest BCUT2D eigenvalue weighted by atomic mass is 35.5. The smallest absolute Gasteiger partial charge is 0.166 e. The van der Waals surface area contributed by atoms with E-state index in [-0.39, 0.29) is 5.02 Å². The van der Waals surface area contributed by atoms with Gasteiger partial charge in [-0.3, -0.25) is 0 Å². The first kappa shape index (κ1) is 10.1. The van der Waals surface area contributed by atoms with Gasteiger partial charge in [-0.15, -0.1) is 0 Å². The van der Waals surface area contributed by atoms with Crippen LogP contribution in [0.15, 0.2) is 24.8 Å². The van der Waals surface area contributed by atoms with Gasteiger partial charge in [-0.2, -0.15) is 13.2 Å². The molecule has 0 aliphatic rings. The Kier molecular flexibility index (Phi) is 2.66. The van der Waals surface area contributed by atoms with E-state index in [4.69, 9.17) is 11.6 Å². The summed E-state index contributed by atoms with van der Waals surface area (Å²) in [6.07, 6.45) is -2.94. The molecule has 0 atom stereocenters. The minimum absolute atomic E-state index is 0.0600. The van der Waals surface area contributed by atoms with Gasteiger partial charge in [-0.1, -0.05) is 30.3 Å². The first-order valence-electron chi connectivity index (χ1n) is 3.44. The molecule has 1 aromatic rings. The van der Waals surface area contributed by atoms with Gasteiger partial charge in [0, 0.05) is 5.02 Å². The van der Waals surface area contributed by atoms with Crippen molar-refractivity contribution < 1.29 is 13.2 Å². The molecule has 0 aliphatic carbocycles. The van der Waals surface area contributed by atoms with Gasteiger partial charge in [0.2, 0.25) is 0 Å². The van der Waals surface area contributed by atoms with Crippen LogP contribution in [0.4, 0.5) is 13.2 Å². The molecular formula is C9H6ClF3. The molecule has 0 saturated carbocycles. The molecule has 0 bridgehead atoms. The lowest BCUT2D eigenvalue weighted by Gasteiger charge is -2.07. The Hall–Kier alpha value is -0.960. The number of benzene rings is 1. The van der Waals surface area contributed by atoms with Crippen molar-refractivity contribution in [3.63, 3.8) is 0 Å². The molecule has 0 unspecified atom stereocenters.